The second kappa shape index (κ2) is 7.00. The maximum absolute atomic E-state index is 11.9. The van der Waals surface area contributed by atoms with Crippen LogP contribution in [0, 0.1) is 0 Å². The molecule has 1 amide bonds. The summed E-state index contributed by atoms with van der Waals surface area (Å²) in [4.78, 5) is 27.5. The molecule has 0 bridgehead atoms. The Morgan fingerprint density at radius 3 is 2.90 bits per heavy atom. The number of ether oxygens (including phenoxy) is 1. The quantitative estimate of drug-likeness (QED) is 0.644. The largest absolute Gasteiger partial charge is 0.465 e. The maximum Gasteiger partial charge on any atom is 0.337 e. The lowest BCUT2D eigenvalue weighted by atomic mass is 10.2. The van der Waals surface area contributed by atoms with Gasteiger partial charge in [0.2, 0.25) is 5.91 Å². The number of alkyl halides is 1. The lowest BCUT2D eigenvalue weighted by molar-refractivity contribution is -0.115. The van der Waals surface area contributed by atoms with E-state index in [1.165, 1.54) is 18.4 Å². The molecule has 1 aromatic carbocycles. The minimum absolute atomic E-state index is 0.107. The minimum atomic E-state index is -0.389. The van der Waals surface area contributed by atoms with Crippen molar-refractivity contribution in [1.29, 1.82) is 0 Å². The van der Waals surface area contributed by atoms with E-state index in [0.29, 0.717) is 10.7 Å². The number of anilines is 1. The number of carbonyl (C=O) groups excluding carboxylic acids is 2. The summed E-state index contributed by atoms with van der Waals surface area (Å²) in [6.45, 7) is 2.02. The predicted octanol–water partition coefficient (Wildman–Crippen LogP) is 3.59. The third kappa shape index (κ3) is 3.79. The van der Waals surface area contributed by atoms with Crippen molar-refractivity contribution in [3.8, 4) is 0 Å². The van der Waals surface area contributed by atoms with Crippen molar-refractivity contribution in [2.24, 2.45) is 0 Å². The SMILES string of the molecule is CCCC(Br)C(=O)Nc1nc2ccc(C(=O)OC)cc2s1. The standard InChI is InChI=1S/C14H15BrN2O3S/c1-3-4-9(15)12(18)17-14-16-10-6-5-8(13(19)20-2)7-11(10)21-14/h5-7,9H,3-4H2,1-2H3,(H,16,17,18). The smallest absolute Gasteiger partial charge is 0.337 e. The fraction of sp³-hybridized carbons (Fsp3) is 0.357. The van der Waals surface area contributed by atoms with E-state index in [0.717, 1.165) is 23.1 Å². The van der Waals surface area contributed by atoms with Gasteiger partial charge in [0.05, 0.1) is 27.7 Å². The molecule has 5 nitrogen and oxygen atoms in total. The van der Waals surface area contributed by atoms with Crippen molar-refractivity contribution in [3.63, 3.8) is 0 Å². The lowest BCUT2D eigenvalue weighted by Crippen LogP contribution is -2.22. The van der Waals surface area contributed by atoms with Crippen LogP contribution in [0.3, 0.4) is 0 Å². The van der Waals surface area contributed by atoms with E-state index >= 15 is 0 Å². The summed E-state index contributed by atoms with van der Waals surface area (Å²) in [6.07, 6.45) is 1.69. The molecule has 21 heavy (non-hydrogen) atoms. The fourth-order valence-electron chi connectivity index (χ4n) is 1.79. The Labute approximate surface area is 134 Å². The van der Waals surface area contributed by atoms with E-state index in [9.17, 15) is 9.59 Å². The second-order valence-electron chi connectivity index (χ2n) is 4.44. The third-order valence-electron chi connectivity index (χ3n) is 2.87. The van der Waals surface area contributed by atoms with Gasteiger partial charge in [-0.25, -0.2) is 9.78 Å². The summed E-state index contributed by atoms with van der Waals surface area (Å²) in [5.74, 6) is -0.497. The van der Waals surface area contributed by atoms with Crippen LogP contribution < -0.4 is 5.32 Å². The molecule has 0 fully saturated rings. The molecule has 0 saturated heterocycles. The number of rotatable bonds is 5. The maximum atomic E-state index is 11.9. The van der Waals surface area contributed by atoms with Gasteiger partial charge in [-0.1, -0.05) is 40.6 Å². The number of hydrogen-bond acceptors (Lipinski definition) is 5. The molecule has 0 aliphatic rings. The molecular formula is C14H15BrN2O3S. The van der Waals surface area contributed by atoms with Crippen molar-refractivity contribution in [3.05, 3.63) is 23.8 Å². The minimum Gasteiger partial charge on any atom is -0.465 e. The van der Waals surface area contributed by atoms with Gasteiger partial charge in [0.15, 0.2) is 5.13 Å². The number of halogens is 1. The van der Waals surface area contributed by atoms with Crippen molar-refractivity contribution < 1.29 is 14.3 Å². The van der Waals surface area contributed by atoms with Crippen LogP contribution in [0.4, 0.5) is 5.13 Å². The van der Waals surface area contributed by atoms with Crippen molar-refractivity contribution >= 4 is 54.5 Å². The fourth-order valence-corrected chi connectivity index (χ4v) is 3.27. The van der Waals surface area contributed by atoms with Crippen LogP contribution in [0.5, 0.6) is 0 Å². The second-order valence-corrected chi connectivity index (χ2v) is 6.57. The summed E-state index contributed by atoms with van der Waals surface area (Å²) in [5, 5.41) is 3.31. The van der Waals surface area contributed by atoms with E-state index in [1.54, 1.807) is 18.2 Å². The van der Waals surface area contributed by atoms with Gasteiger partial charge < -0.3 is 10.1 Å². The van der Waals surface area contributed by atoms with E-state index in [2.05, 4.69) is 31.0 Å². The number of esters is 1. The highest BCUT2D eigenvalue weighted by molar-refractivity contribution is 9.10. The van der Waals surface area contributed by atoms with E-state index < -0.39 is 0 Å². The Kier molecular flexibility index (Phi) is 5.30. The van der Waals surface area contributed by atoms with Gasteiger partial charge in [0, 0.05) is 0 Å². The number of nitrogens with one attached hydrogen (secondary N) is 1. The molecule has 2 rings (SSSR count). The van der Waals surface area contributed by atoms with Gasteiger partial charge >= 0.3 is 5.97 Å². The van der Waals surface area contributed by atoms with Gasteiger partial charge in [-0.05, 0) is 24.6 Å². The molecule has 0 aliphatic heterocycles. The van der Waals surface area contributed by atoms with Gasteiger partial charge in [0.1, 0.15) is 0 Å². The Morgan fingerprint density at radius 2 is 2.24 bits per heavy atom. The van der Waals surface area contributed by atoms with E-state index in [1.807, 2.05) is 6.92 Å². The predicted molar refractivity (Wildman–Crippen MR) is 87.2 cm³/mol. The summed E-state index contributed by atoms with van der Waals surface area (Å²) in [5.41, 5.74) is 1.21. The first kappa shape index (κ1) is 15.9. The molecule has 0 saturated carbocycles. The first-order chi connectivity index (χ1) is 10.0. The zero-order chi connectivity index (χ0) is 15.4. The van der Waals surface area contributed by atoms with E-state index in [-0.39, 0.29) is 16.7 Å². The zero-order valence-electron chi connectivity index (χ0n) is 11.7. The van der Waals surface area contributed by atoms with Crippen molar-refractivity contribution in [2.45, 2.75) is 24.6 Å². The zero-order valence-corrected chi connectivity index (χ0v) is 14.1. The first-order valence-corrected chi connectivity index (χ1v) is 8.22. The number of nitrogens with zero attached hydrogens (tertiary/aromatic N) is 1. The Morgan fingerprint density at radius 1 is 1.48 bits per heavy atom. The van der Waals surface area contributed by atoms with Gasteiger partial charge in [0.25, 0.3) is 0 Å². The molecule has 1 aromatic heterocycles. The van der Waals surface area contributed by atoms with Crippen LogP contribution in [-0.4, -0.2) is 28.8 Å². The van der Waals surface area contributed by atoms with Crippen LogP contribution >= 0.6 is 27.3 Å². The number of hydrogen-bond donors (Lipinski definition) is 1. The molecular weight excluding hydrogens is 356 g/mol. The molecule has 0 spiro atoms. The Bertz CT molecular complexity index is 671. The highest BCUT2D eigenvalue weighted by Crippen LogP contribution is 2.27. The molecule has 2 aromatic rings. The number of methoxy groups -OCH3 is 1. The Hall–Kier alpha value is -1.47. The molecule has 0 radical (unpaired) electrons. The number of thiazole rings is 1. The van der Waals surface area contributed by atoms with Crippen LogP contribution in [-0.2, 0) is 9.53 Å². The molecule has 1 heterocycles. The number of aromatic nitrogens is 1. The molecule has 1 N–H and O–H groups in total. The third-order valence-corrected chi connectivity index (χ3v) is 4.67. The van der Waals surface area contributed by atoms with Crippen LogP contribution in [0.15, 0.2) is 18.2 Å². The number of fused-ring (bicyclic) bond motifs is 1. The molecule has 0 aliphatic carbocycles. The van der Waals surface area contributed by atoms with Crippen LogP contribution in [0.2, 0.25) is 0 Å². The van der Waals surface area contributed by atoms with Gasteiger partial charge in [-0.3, -0.25) is 4.79 Å². The average Bonchev–Trinajstić information content (AvgIpc) is 2.87. The van der Waals surface area contributed by atoms with Crippen molar-refractivity contribution in [2.75, 3.05) is 12.4 Å². The summed E-state index contributed by atoms with van der Waals surface area (Å²) in [7, 11) is 1.34. The van der Waals surface area contributed by atoms with Crippen molar-refractivity contribution in [1.82, 2.24) is 4.98 Å². The van der Waals surface area contributed by atoms with E-state index in [4.69, 9.17) is 0 Å². The molecule has 1 atom stereocenters. The lowest BCUT2D eigenvalue weighted by Gasteiger charge is -2.06. The van der Waals surface area contributed by atoms with Gasteiger partial charge in [-0.2, -0.15) is 0 Å². The van der Waals surface area contributed by atoms with Crippen LogP contribution in [0.25, 0.3) is 10.2 Å². The number of benzene rings is 1. The topological polar surface area (TPSA) is 68.3 Å². The molecule has 112 valence electrons. The molecule has 1 unspecified atom stereocenters. The number of carbonyl (C=O) groups is 2. The molecule has 7 heteroatoms. The normalized spacial score (nSPS) is 12.1. The average molecular weight is 371 g/mol. The highest BCUT2D eigenvalue weighted by Gasteiger charge is 2.16. The highest BCUT2D eigenvalue weighted by atomic mass is 79.9. The number of amides is 1. The summed E-state index contributed by atoms with van der Waals surface area (Å²) >= 11 is 4.68. The monoisotopic (exact) mass is 370 g/mol. The Balaban J connectivity index is 2.19. The summed E-state index contributed by atoms with van der Waals surface area (Å²) in [6, 6.07) is 5.11. The van der Waals surface area contributed by atoms with Crippen LogP contribution in [0.1, 0.15) is 30.1 Å². The van der Waals surface area contributed by atoms with Gasteiger partial charge in [-0.15, -0.1) is 0 Å². The summed E-state index contributed by atoms with van der Waals surface area (Å²) < 4.78 is 5.51. The first-order valence-electron chi connectivity index (χ1n) is 6.49.